The molecule has 270 valence electrons. The fraction of sp³-hybridized carbons (Fsp3) is 0.321. The van der Waals surface area contributed by atoms with Gasteiger partial charge in [0, 0.05) is 27.9 Å². The number of hydrogen-bond acceptors (Lipinski definition) is 1. The van der Waals surface area contributed by atoms with Crippen LogP contribution < -0.4 is 4.90 Å². The molecule has 0 aliphatic heterocycles. The first-order valence-electron chi connectivity index (χ1n) is 20.8. The lowest BCUT2D eigenvalue weighted by Gasteiger charge is -2.29. The lowest BCUT2D eigenvalue weighted by Crippen LogP contribution is -2.18. The summed E-state index contributed by atoms with van der Waals surface area (Å²) in [4.78, 5) is 2.50. The number of benzene rings is 6. The van der Waals surface area contributed by atoms with Gasteiger partial charge in [-0.25, -0.2) is 0 Å². The minimum Gasteiger partial charge on any atom is -0.310 e. The Hall–Kier alpha value is -4.88. The van der Waals surface area contributed by atoms with E-state index < -0.39 is 0 Å². The molecule has 6 aromatic carbocycles. The minimum atomic E-state index is -0.169. The Kier molecular flexibility index (Phi) is 8.02. The summed E-state index contributed by atoms with van der Waals surface area (Å²) < 4.78 is 0. The van der Waals surface area contributed by atoms with Crippen LogP contribution in [0.3, 0.4) is 0 Å². The predicted molar refractivity (Wildman–Crippen MR) is 229 cm³/mol. The zero-order chi connectivity index (χ0) is 36.6. The fourth-order valence-corrected chi connectivity index (χ4v) is 11.1. The third-order valence-corrected chi connectivity index (χ3v) is 14.0. The highest BCUT2D eigenvalue weighted by molar-refractivity contribution is 5.92. The lowest BCUT2D eigenvalue weighted by atomic mass is 9.77. The van der Waals surface area contributed by atoms with E-state index in [0.717, 1.165) is 0 Å². The van der Waals surface area contributed by atoms with Crippen LogP contribution in [0.2, 0.25) is 0 Å². The van der Waals surface area contributed by atoms with Gasteiger partial charge >= 0.3 is 0 Å². The van der Waals surface area contributed by atoms with Gasteiger partial charge in [0.2, 0.25) is 0 Å². The van der Waals surface area contributed by atoms with E-state index in [1.54, 1.807) is 0 Å². The van der Waals surface area contributed by atoms with E-state index in [1.165, 1.54) is 142 Å². The summed E-state index contributed by atoms with van der Waals surface area (Å²) in [6.07, 6.45) is 12.1. The van der Waals surface area contributed by atoms with Gasteiger partial charge in [-0.15, -0.1) is 0 Å². The van der Waals surface area contributed by atoms with E-state index in [9.17, 15) is 0 Å². The maximum atomic E-state index is 2.50. The molecule has 0 unspecified atom stereocenters. The molecule has 0 saturated heterocycles. The number of nitrogens with zero attached hydrogens (tertiary/aromatic N) is 1. The highest BCUT2D eigenvalue weighted by Crippen LogP contribution is 2.55. The normalized spacial score (nSPS) is 18.2. The molecule has 0 atom stereocenters. The first-order valence-corrected chi connectivity index (χ1v) is 20.8. The van der Waals surface area contributed by atoms with Crippen LogP contribution in [0.4, 0.5) is 17.1 Å². The summed E-state index contributed by atoms with van der Waals surface area (Å²) in [6.45, 7) is 9.65. The van der Waals surface area contributed by atoms with Gasteiger partial charge in [-0.1, -0.05) is 145 Å². The highest BCUT2D eigenvalue weighted by atomic mass is 15.1. The minimum absolute atomic E-state index is 0.0271. The van der Waals surface area contributed by atoms with Crippen LogP contribution >= 0.6 is 0 Å². The second-order valence-corrected chi connectivity index (χ2v) is 17.8. The lowest BCUT2D eigenvalue weighted by molar-refractivity contribution is 0.443. The molecular formula is C53H53N. The Morgan fingerprint density at radius 2 is 0.907 bits per heavy atom. The van der Waals surface area contributed by atoms with Gasteiger partial charge in [0.05, 0.1) is 0 Å². The molecule has 0 heterocycles. The molecule has 4 aliphatic rings. The van der Waals surface area contributed by atoms with Gasteiger partial charge in [0.25, 0.3) is 0 Å². The molecule has 0 N–H and O–H groups in total. The van der Waals surface area contributed by atoms with E-state index in [0.29, 0.717) is 11.8 Å². The Morgan fingerprint density at radius 1 is 0.407 bits per heavy atom. The predicted octanol–water partition coefficient (Wildman–Crippen LogP) is 15.1. The Balaban J connectivity index is 1.05. The average Bonchev–Trinajstić information content (AvgIpc) is 3.89. The molecule has 54 heavy (non-hydrogen) atoms. The molecule has 0 radical (unpaired) electrons. The van der Waals surface area contributed by atoms with Gasteiger partial charge in [-0.05, 0) is 147 Å². The van der Waals surface area contributed by atoms with E-state index in [1.807, 2.05) is 0 Å². The van der Waals surface area contributed by atoms with Crippen molar-refractivity contribution in [2.24, 2.45) is 0 Å². The summed E-state index contributed by atoms with van der Waals surface area (Å²) in [6, 6.07) is 49.6. The molecule has 1 heteroatoms. The molecule has 4 aliphatic carbocycles. The van der Waals surface area contributed by atoms with Gasteiger partial charge in [-0.2, -0.15) is 0 Å². The zero-order valence-corrected chi connectivity index (χ0v) is 32.6. The average molecular weight is 704 g/mol. The molecule has 1 nitrogen and oxygen atoms in total. The topological polar surface area (TPSA) is 3.24 Å². The van der Waals surface area contributed by atoms with Crippen LogP contribution in [0.5, 0.6) is 0 Å². The van der Waals surface area contributed by atoms with E-state index in [2.05, 4.69) is 160 Å². The quantitative estimate of drug-likeness (QED) is 0.167. The number of rotatable bonds is 6. The Labute approximate surface area is 323 Å². The van der Waals surface area contributed by atoms with Crippen LogP contribution in [0, 0.1) is 0 Å². The fourth-order valence-electron chi connectivity index (χ4n) is 11.1. The number of anilines is 3. The van der Waals surface area contributed by atoms with Crippen molar-refractivity contribution < 1.29 is 0 Å². The summed E-state index contributed by atoms with van der Waals surface area (Å²) in [5.74, 6) is 1.41. The van der Waals surface area contributed by atoms with Crippen molar-refractivity contribution in [2.45, 2.75) is 108 Å². The Morgan fingerprint density at radius 3 is 1.57 bits per heavy atom. The number of hydrogen-bond donors (Lipinski definition) is 0. The van der Waals surface area contributed by atoms with Crippen molar-refractivity contribution >= 4 is 17.1 Å². The first kappa shape index (κ1) is 33.7. The molecule has 0 bridgehead atoms. The monoisotopic (exact) mass is 703 g/mol. The van der Waals surface area contributed by atoms with Crippen LogP contribution in [-0.4, -0.2) is 0 Å². The van der Waals surface area contributed by atoms with Crippen LogP contribution in [0.15, 0.2) is 127 Å². The smallest absolute Gasteiger partial charge is 0.0465 e. The van der Waals surface area contributed by atoms with Crippen LogP contribution in [-0.2, 0) is 10.8 Å². The number of fused-ring (bicyclic) bond motifs is 6. The molecular weight excluding hydrogens is 651 g/mol. The highest BCUT2D eigenvalue weighted by Gasteiger charge is 2.40. The van der Waals surface area contributed by atoms with Gasteiger partial charge < -0.3 is 4.90 Å². The molecule has 0 spiro atoms. The summed E-state index contributed by atoms with van der Waals surface area (Å²) in [7, 11) is 0. The second-order valence-electron chi connectivity index (χ2n) is 17.8. The van der Waals surface area contributed by atoms with Crippen molar-refractivity contribution in [1.82, 2.24) is 0 Å². The maximum absolute atomic E-state index is 2.50. The van der Waals surface area contributed by atoms with Crippen LogP contribution in [0.25, 0.3) is 33.4 Å². The summed E-state index contributed by atoms with van der Waals surface area (Å²) >= 11 is 0. The molecule has 10 rings (SSSR count). The zero-order valence-electron chi connectivity index (χ0n) is 32.6. The molecule has 2 saturated carbocycles. The van der Waals surface area contributed by atoms with Gasteiger partial charge in [0.1, 0.15) is 0 Å². The molecule has 0 amide bonds. The van der Waals surface area contributed by atoms with E-state index >= 15 is 0 Å². The second kappa shape index (κ2) is 12.9. The van der Waals surface area contributed by atoms with Gasteiger partial charge in [-0.3, -0.25) is 0 Å². The Bertz CT molecular complexity index is 2360. The largest absolute Gasteiger partial charge is 0.310 e. The molecule has 2 fully saturated rings. The van der Waals surface area contributed by atoms with Crippen molar-refractivity contribution in [2.75, 3.05) is 4.90 Å². The van der Waals surface area contributed by atoms with Crippen molar-refractivity contribution in [1.29, 1.82) is 0 Å². The molecule has 6 aromatic rings. The third kappa shape index (κ3) is 5.33. The summed E-state index contributed by atoms with van der Waals surface area (Å²) in [5, 5.41) is 0. The van der Waals surface area contributed by atoms with Crippen LogP contribution in [0.1, 0.15) is 131 Å². The maximum Gasteiger partial charge on any atom is 0.0465 e. The van der Waals surface area contributed by atoms with Gasteiger partial charge in [0.15, 0.2) is 0 Å². The third-order valence-electron chi connectivity index (χ3n) is 14.0. The van der Waals surface area contributed by atoms with Crippen molar-refractivity contribution in [3.8, 4) is 33.4 Å². The van der Waals surface area contributed by atoms with Crippen molar-refractivity contribution in [3.05, 3.63) is 161 Å². The van der Waals surface area contributed by atoms with E-state index in [-0.39, 0.29) is 10.8 Å². The summed E-state index contributed by atoms with van der Waals surface area (Å²) in [5.41, 5.74) is 20.4. The SMILES string of the molecule is CC1(C)c2ccccc2-c2ccc(-c3cccc4c3C(C)(C)c3cc(N(c5ccc(C6CCCCC6)cc5)c5ccc(C6CCCC6)cc5)ccc3-4)cc21. The molecule has 0 aromatic heterocycles. The van der Waals surface area contributed by atoms with E-state index in [4.69, 9.17) is 0 Å². The standard InChI is InChI=1S/C53H53N/c1-52(2)48-20-11-10-17-44(48)45-31-25-39(33-49(45)52)43-18-12-19-47-46-32-30-42(34-50(46)53(3,4)51(43)47)54(41-28-23-38(24-29-41)36-15-8-9-16-36)40-26-21-37(22-27-40)35-13-6-5-7-14-35/h10-12,17-36H,5-9,13-16H2,1-4H3. The van der Waals surface area contributed by atoms with Crippen molar-refractivity contribution in [3.63, 3.8) is 0 Å². The first-order chi connectivity index (χ1) is 26.3.